The minimum Gasteiger partial charge on any atom is -0.476 e. The summed E-state index contributed by atoms with van der Waals surface area (Å²) in [6.07, 6.45) is 1.50. The average Bonchev–Trinajstić information content (AvgIpc) is 2.96. The number of rotatable bonds is 5. The Morgan fingerprint density at radius 2 is 2.08 bits per heavy atom. The molecule has 0 aliphatic rings. The predicted molar refractivity (Wildman–Crippen MR) is 88.2 cm³/mol. The van der Waals surface area contributed by atoms with E-state index in [4.69, 9.17) is 26.0 Å². The Morgan fingerprint density at radius 3 is 2.88 bits per heavy atom. The summed E-state index contributed by atoms with van der Waals surface area (Å²) < 4.78 is 40.7. The molecule has 0 saturated carbocycles. The summed E-state index contributed by atoms with van der Waals surface area (Å²) >= 11 is 6.96. The van der Waals surface area contributed by atoms with E-state index < -0.39 is 11.6 Å². The number of ether oxygens (including phenoxy) is 1. The second-order valence-electron chi connectivity index (χ2n) is 4.65. The van der Waals surface area contributed by atoms with Crippen LogP contribution in [0.1, 0.15) is 0 Å². The highest BCUT2D eigenvalue weighted by Gasteiger charge is 2.13. The van der Waals surface area contributed by atoms with Gasteiger partial charge in [0, 0.05) is 28.6 Å². The lowest BCUT2D eigenvalue weighted by molar-refractivity contribution is 0.344. The first kappa shape index (κ1) is 16.4. The summed E-state index contributed by atoms with van der Waals surface area (Å²) in [6.45, 7) is -0.360. The number of hydrogen-bond donors (Lipinski definition) is 1. The van der Waals surface area contributed by atoms with Gasteiger partial charge in [0.2, 0.25) is 0 Å². The molecule has 0 bridgehead atoms. The van der Waals surface area contributed by atoms with Crippen LogP contribution in [0.4, 0.5) is 14.5 Å². The fraction of sp³-hybridized carbons (Fsp3) is 0.0625. The molecule has 0 amide bonds. The minimum absolute atomic E-state index is 0.0508. The molecular formula is C16H9ClF2N2O2S. The number of nitrogens with zero attached hydrogens (tertiary/aromatic N) is 1. The number of halogens is 3. The van der Waals surface area contributed by atoms with Crippen molar-refractivity contribution in [3.05, 3.63) is 53.3 Å². The van der Waals surface area contributed by atoms with Crippen LogP contribution in [0.15, 0.2) is 45.9 Å². The highest BCUT2D eigenvalue weighted by molar-refractivity contribution is 8.00. The van der Waals surface area contributed by atoms with Crippen molar-refractivity contribution in [2.75, 3.05) is 11.3 Å². The van der Waals surface area contributed by atoms with Gasteiger partial charge in [-0.15, -0.1) is 0 Å². The quantitative estimate of drug-likeness (QED) is 0.614. The molecule has 2 aromatic carbocycles. The number of hydrogen-bond acceptors (Lipinski definition) is 5. The maximum absolute atomic E-state index is 14.0. The second-order valence-corrected chi connectivity index (χ2v) is 5.94. The Morgan fingerprint density at radius 1 is 1.25 bits per heavy atom. The molecule has 0 aliphatic carbocycles. The Hall–Kier alpha value is -2.43. The Kier molecular flexibility index (Phi) is 4.79. The van der Waals surface area contributed by atoms with Crippen LogP contribution in [0.5, 0.6) is 5.75 Å². The molecule has 0 fully saturated rings. The topological polar surface area (TPSA) is 58.2 Å². The van der Waals surface area contributed by atoms with Gasteiger partial charge in [-0.1, -0.05) is 11.6 Å². The molecule has 3 aromatic rings. The van der Waals surface area contributed by atoms with E-state index in [9.17, 15) is 8.78 Å². The summed E-state index contributed by atoms with van der Waals surface area (Å²) in [4.78, 5) is 0.700. The predicted octanol–water partition coefficient (Wildman–Crippen LogP) is 5.39. The standard InChI is InChI=1S/C16H9ClF2N2O2S/c17-9-1-2-10-14(5-9)23-8-16(10)24-21-13-6-12(19)15(7-11(13)18)22-4-3-20/h1-2,5-8,21H,4H2. The maximum Gasteiger partial charge on any atom is 0.174 e. The first-order valence-electron chi connectivity index (χ1n) is 6.67. The third-order valence-corrected chi connectivity index (χ3v) is 4.18. The van der Waals surface area contributed by atoms with Crippen molar-refractivity contribution in [3.63, 3.8) is 0 Å². The number of benzene rings is 2. The number of fused-ring (bicyclic) bond motifs is 1. The zero-order valence-electron chi connectivity index (χ0n) is 12.0. The molecular weight excluding hydrogens is 358 g/mol. The molecule has 4 nitrogen and oxygen atoms in total. The summed E-state index contributed by atoms with van der Waals surface area (Å²) in [5, 5.41) is 9.75. The molecule has 122 valence electrons. The molecule has 0 saturated heterocycles. The number of nitriles is 1. The fourth-order valence-corrected chi connectivity index (χ4v) is 2.91. The lowest BCUT2D eigenvalue weighted by atomic mass is 10.3. The summed E-state index contributed by atoms with van der Waals surface area (Å²) in [6, 6.07) is 8.71. The molecule has 1 aromatic heterocycles. The first-order chi connectivity index (χ1) is 11.6. The third kappa shape index (κ3) is 3.40. The maximum atomic E-state index is 14.0. The van der Waals surface area contributed by atoms with E-state index >= 15 is 0 Å². The zero-order chi connectivity index (χ0) is 17.1. The van der Waals surface area contributed by atoms with Crippen molar-refractivity contribution in [2.45, 2.75) is 4.90 Å². The van der Waals surface area contributed by atoms with Crippen LogP contribution < -0.4 is 9.46 Å². The highest BCUT2D eigenvalue weighted by atomic mass is 35.5. The summed E-state index contributed by atoms with van der Waals surface area (Å²) in [7, 11) is 0. The number of anilines is 1. The van der Waals surface area contributed by atoms with E-state index in [1.54, 1.807) is 24.3 Å². The van der Waals surface area contributed by atoms with Crippen LogP contribution in [0.3, 0.4) is 0 Å². The van der Waals surface area contributed by atoms with Gasteiger partial charge >= 0.3 is 0 Å². The molecule has 0 aliphatic heterocycles. The Bertz CT molecular complexity index is 940. The molecule has 0 radical (unpaired) electrons. The van der Waals surface area contributed by atoms with Gasteiger partial charge in [-0.05, 0) is 24.1 Å². The van der Waals surface area contributed by atoms with Crippen LogP contribution in [0, 0.1) is 23.0 Å². The van der Waals surface area contributed by atoms with Gasteiger partial charge in [-0.3, -0.25) is 0 Å². The van der Waals surface area contributed by atoms with Crippen LogP contribution >= 0.6 is 23.5 Å². The number of nitrogens with one attached hydrogen (secondary N) is 1. The molecule has 0 spiro atoms. The van der Waals surface area contributed by atoms with E-state index in [2.05, 4.69) is 4.72 Å². The SMILES string of the molecule is N#CCOc1cc(F)c(NSc2coc3cc(Cl)ccc23)cc1F. The van der Waals surface area contributed by atoms with Crippen LogP contribution in [-0.2, 0) is 0 Å². The molecule has 1 heterocycles. The van der Waals surface area contributed by atoms with Gasteiger partial charge < -0.3 is 13.9 Å². The fourth-order valence-electron chi connectivity index (χ4n) is 1.99. The molecule has 1 N–H and O–H groups in total. The monoisotopic (exact) mass is 366 g/mol. The molecule has 8 heteroatoms. The summed E-state index contributed by atoms with van der Waals surface area (Å²) in [5.74, 6) is -1.78. The van der Waals surface area contributed by atoms with Crippen molar-refractivity contribution in [1.29, 1.82) is 5.26 Å². The molecule has 3 rings (SSSR count). The largest absolute Gasteiger partial charge is 0.476 e. The first-order valence-corrected chi connectivity index (χ1v) is 7.86. The van der Waals surface area contributed by atoms with Crippen LogP contribution in [0.25, 0.3) is 11.0 Å². The summed E-state index contributed by atoms with van der Waals surface area (Å²) in [5.41, 5.74) is 0.545. The van der Waals surface area contributed by atoms with E-state index in [0.717, 1.165) is 29.5 Å². The van der Waals surface area contributed by atoms with Crippen molar-refractivity contribution in [2.24, 2.45) is 0 Å². The number of furan rings is 1. The normalized spacial score (nSPS) is 10.6. The van der Waals surface area contributed by atoms with Gasteiger partial charge in [0.05, 0.1) is 10.6 Å². The lowest BCUT2D eigenvalue weighted by Crippen LogP contribution is -1.99. The van der Waals surface area contributed by atoms with Crippen LogP contribution in [0.2, 0.25) is 5.02 Å². The van der Waals surface area contributed by atoms with Gasteiger partial charge in [0.15, 0.2) is 24.0 Å². The molecule has 24 heavy (non-hydrogen) atoms. The Balaban J connectivity index is 1.78. The second kappa shape index (κ2) is 6.99. The van der Waals surface area contributed by atoms with Gasteiger partial charge in [-0.2, -0.15) is 5.26 Å². The van der Waals surface area contributed by atoms with Crippen molar-refractivity contribution in [3.8, 4) is 11.8 Å². The highest BCUT2D eigenvalue weighted by Crippen LogP contribution is 2.34. The molecule has 0 atom stereocenters. The smallest absolute Gasteiger partial charge is 0.174 e. The van der Waals surface area contributed by atoms with Crippen LogP contribution in [-0.4, -0.2) is 6.61 Å². The van der Waals surface area contributed by atoms with Gasteiger partial charge in [0.25, 0.3) is 0 Å². The minimum atomic E-state index is -0.765. The average molecular weight is 367 g/mol. The van der Waals surface area contributed by atoms with Crippen molar-refractivity contribution < 1.29 is 17.9 Å². The van der Waals surface area contributed by atoms with E-state index in [-0.39, 0.29) is 18.0 Å². The molecule has 0 unspecified atom stereocenters. The van der Waals surface area contributed by atoms with Gasteiger partial charge in [0.1, 0.15) is 17.9 Å². The van der Waals surface area contributed by atoms with Crippen molar-refractivity contribution in [1.82, 2.24) is 0 Å². The third-order valence-electron chi connectivity index (χ3n) is 3.09. The van der Waals surface area contributed by atoms with E-state index in [1.165, 1.54) is 6.26 Å². The van der Waals surface area contributed by atoms with E-state index in [1.807, 2.05) is 0 Å². The van der Waals surface area contributed by atoms with Gasteiger partial charge in [-0.25, -0.2) is 8.78 Å². The Labute approximate surface area is 145 Å². The zero-order valence-corrected chi connectivity index (χ0v) is 13.5. The lowest BCUT2D eigenvalue weighted by Gasteiger charge is -2.09. The van der Waals surface area contributed by atoms with E-state index in [0.29, 0.717) is 15.5 Å². The van der Waals surface area contributed by atoms with Crippen molar-refractivity contribution >= 4 is 40.2 Å².